The van der Waals surface area contributed by atoms with Gasteiger partial charge in [-0.25, -0.2) is 9.59 Å². The Kier molecular flexibility index (Phi) is 5.12. The van der Waals surface area contributed by atoms with Crippen molar-refractivity contribution in [3.05, 3.63) is 83.3 Å². The molecule has 8 heteroatoms. The number of rotatable bonds is 7. The Balaban J connectivity index is 1.16. The lowest BCUT2D eigenvalue weighted by molar-refractivity contribution is -0.140. The monoisotopic (exact) mass is 446 g/mol. The van der Waals surface area contributed by atoms with Crippen LogP contribution in [0.25, 0.3) is 11.1 Å². The summed E-state index contributed by atoms with van der Waals surface area (Å²) in [5.74, 6) is -1.34. The molecule has 2 aliphatic rings. The van der Waals surface area contributed by atoms with Crippen LogP contribution in [0.5, 0.6) is 0 Å². The van der Waals surface area contributed by atoms with Crippen LogP contribution in [0.1, 0.15) is 46.2 Å². The van der Waals surface area contributed by atoms with E-state index in [-0.39, 0.29) is 24.8 Å². The molecule has 0 unspecified atom stereocenters. The highest BCUT2D eigenvalue weighted by Gasteiger charge is 2.52. The molecule has 0 spiro atoms. The van der Waals surface area contributed by atoms with Gasteiger partial charge in [0.05, 0.1) is 6.54 Å². The Bertz CT molecular complexity index is 1200. The zero-order valence-corrected chi connectivity index (χ0v) is 17.7. The highest BCUT2D eigenvalue weighted by atomic mass is 16.5. The fourth-order valence-electron chi connectivity index (χ4n) is 4.20. The molecule has 168 valence electrons. The molecule has 3 N–H and O–H groups in total. The molecule has 0 atom stereocenters. The largest absolute Gasteiger partial charge is 0.480 e. The summed E-state index contributed by atoms with van der Waals surface area (Å²) in [5.41, 5.74) is 3.37. The van der Waals surface area contributed by atoms with Gasteiger partial charge in [-0.2, -0.15) is 0 Å². The summed E-state index contributed by atoms with van der Waals surface area (Å²) in [4.78, 5) is 35.7. The number of fused-ring (bicyclic) bond motifs is 3. The van der Waals surface area contributed by atoms with E-state index in [1.54, 1.807) is 6.07 Å². The average Bonchev–Trinajstić information content (AvgIpc) is 3.33. The third kappa shape index (κ3) is 3.95. The summed E-state index contributed by atoms with van der Waals surface area (Å²) in [6.45, 7) is 0.233. The lowest BCUT2D eigenvalue weighted by Crippen LogP contribution is -2.42. The second-order valence-corrected chi connectivity index (χ2v) is 8.29. The molecule has 1 heterocycles. The number of hydrogen-bond acceptors (Lipinski definition) is 5. The Morgan fingerprint density at radius 3 is 2.21 bits per heavy atom. The van der Waals surface area contributed by atoms with Crippen molar-refractivity contribution in [3.63, 3.8) is 0 Å². The number of carbonyl (C=O) groups excluding carboxylic acids is 2. The van der Waals surface area contributed by atoms with Crippen molar-refractivity contribution in [2.24, 2.45) is 0 Å². The molecule has 33 heavy (non-hydrogen) atoms. The normalized spacial score (nSPS) is 15.3. The average molecular weight is 446 g/mol. The van der Waals surface area contributed by atoms with Gasteiger partial charge in [0.15, 0.2) is 5.76 Å². The van der Waals surface area contributed by atoms with Crippen LogP contribution in [0.4, 0.5) is 4.79 Å². The van der Waals surface area contributed by atoms with E-state index in [0.29, 0.717) is 18.6 Å². The number of furan rings is 1. The number of nitrogens with one attached hydrogen (secondary N) is 2. The SMILES string of the molecule is O=C(NCc1ccc(C(=O)NC2(C(=O)O)CC2)o1)OCC1c2ccccc2-c2ccccc21. The van der Waals surface area contributed by atoms with Crippen molar-refractivity contribution in [2.45, 2.75) is 30.8 Å². The standard InChI is InChI=1S/C25H22N2O6/c28-22(27-25(11-12-25)23(29)30)21-10-9-15(33-21)13-26-24(31)32-14-20-18-7-3-1-5-16(18)17-6-2-4-8-19(17)20/h1-10,20H,11-14H2,(H,26,31)(H,27,28)(H,29,30). The van der Waals surface area contributed by atoms with E-state index in [0.717, 1.165) is 22.3 Å². The lowest BCUT2D eigenvalue weighted by atomic mass is 9.98. The first-order valence-electron chi connectivity index (χ1n) is 10.7. The predicted molar refractivity (Wildman–Crippen MR) is 118 cm³/mol. The molecule has 1 aromatic heterocycles. The molecule has 0 aliphatic heterocycles. The highest BCUT2D eigenvalue weighted by Crippen LogP contribution is 2.44. The maximum absolute atomic E-state index is 12.3. The molecular formula is C25H22N2O6. The van der Waals surface area contributed by atoms with Crippen molar-refractivity contribution in [1.29, 1.82) is 0 Å². The van der Waals surface area contributed by atoms with Crippen LogP contribution in [0.3, 0.4) is 0 Å². The Labute approximate surface area is 189 Å². The minimum absolute atomic E-state index is 0.00754. The Morgan fingerprint density at radius 1 is 0.970 bits per heavy atom. The van der Waals surface area contributed by atoms with Crippen LogP contribution in [-0.4, -0.2) is 35.2 Å². The van der Waals surface area contributed by atoms with Gasteiger partial charge in [-0.1, -0.05) is 48.5 Å². The van der Waals surface area contributed by atoms with Gasteiger partial charge in [-0.15, -0.1) is 0 Å². The quantitative estimate of drug-likeness (QED) is 0.510. The molecule has 2 aliphatic carbocycles. The first-order chi connectivity index (χ1) is 16.0. The smallest absolute Gasteiger partial charge is 0.407 e. The van der Waals surface area contributed by atoms with Gasteiger partial charge >= 0.3 is 12.1 Å². The lowest BCUT2D eigenvalue weighted by Gasteiger charge is -2.14. The van der Waals surface area contributed by atoms with Crippen molar-refractivity contribution >= 4 is 18.0 Å². The first-order valence-corrected chi connectivity index (χ1v) is 10.7. The summed E-state index contributed by atoms with van der Waals surface area (Å²) < 4.78 is 10.9. The van der Waals surface area contributed by atoms with Gasteiger partial charge in [0.2, 0.25) is 0 Å². The van der Waals surface area contributed by atoms with Crippen molar-refractivity contribution < 1.29 is 28.6 Å². The molecule has 2 aromatic carbocycles. The Hall–Kier alpha value is -4.07. The molecular weight excluding hydrogens is 424 g/mol. The van der Waals surface area contributed by atoms with Crippen LogP contribution < -0.4 is 10.6 Å². The summed E-state index contributed by atoms with van der Waals surface area (Å²) in [7, 11) is 0. The minimum Gasteiger partial charge on any atom is -0.480 e. The fraction of sp³-hybridized carbons (Fsp3) is 0.240. The van der Waals surface area contributed by atoms with Crippen molar-refractivity contribution in [2.75, 3.05) is 6.61 Å². The Morgan fingerprint density at radius 2 is 1.61 bits per heavy atom. The van der Waals surface area contributed by atoms with E-state index in [4.69, 9.17) is 9.15 Å². The minimum atomic E-state index is -1.19. The predicted octanol–water partition coefficient (Wildman–Crippen LogP) is 3.67. The molecule has 1 fully saturated rings. The molecule has 1 saturated carbocycles. The van der Waals surface area contributed by atoms with Gasteiger partial charge < -0.3 is 24.9 Å². The summed E-state index contributed by atoms with van der Waals surface area (Å²) in [6.07, 6.45) is 0.192. The second-order valence-electron chi connectivity index (χ2n) is 8.29. The second kappa shape index (κ2) is 8.12. The van der Waals surface area contributed by atoms with Gasteiger partial charge in [0, 0.05) is 5.92 Å². The van der Waals surface area contributed by atoms with E-state index in [9.17, 15) is 19.5 Å². The number of hydrogen-bond donors (Lipinski definition) is 3. The number of aliphatic carboxylic acids is 1. The highest BCUT2D eigenvalue weighted by molar-refractivity contribution is 5.97. The van der Waals surface area contributed by atoms with E-state index in [1.807, 2.05) is 36.4 Å². The third-order valence-corrected chi connectivity index (χ3v) is 6.15. The molecule has 2 amide bonds. The zero-order chi connectivity index (χ0) is 23.0. The maximum atomic E-state index is 12.3. The molecule has 0 radical (unpaired) electrons. The maximum Gasteiger partial charge on any atom is 0.407 e. The van der Waals surface area contributed by atoms with Crippen molar-refractivity contribution in [1.82, 2.24) is 10.6 Å². The third-order valence-electron chi connectivity index (χ3n) is 6.15. The number of carbonyl (C=O) groups is 3. The number of benzene rings is 2. The fourth-order valence-corrected chi connectivity index (χ4v) is 4.20. The van der Waals surface area contributed by atoms with Crippen LogP contribution in [0, 0.1) is 0 Å². The van der Waals surface area contributed by atoms with Gasteiger partial charge in [-0.3, -0.25) is 4.79 Å². The number of alkyl carbamates (subject to hydrolysis) is 1. The summed E-state index contributed by atoms with van der Waals surface area (Å²) in [6, 6.07) is 19.2. The van der Waals surface area contributed by atoms with Gasteiger partial charge in [-0.05, 0) is 47.2 Å². The number of carboxylic acids is 1. The van der Waals surface area contributed by atoms with Crippen LogP contribution in [-0.2, 0) is 16.1 Å². The van der Waals surface area contributed by atoms with Gasteiger partial charge in [0.25, 0.3) is 5.91 Å². The van der Waals surface area contributed by atoms with E-state index >= 15 is 0 Å². The van der Waals surface area contributed by atoms with E-state index < -0.39 is 23.5 Å². The molecule has 5 rings (SSSR count). The van der Waals surface area contributed by atoms with E-state index in [2.05, 4.69) is 22.8 Å². The topological polar surface area (TPSA) is 118 Å². The zero-order valence-electron chi connectivity index (χ0n) is 17.7. The molecule has 0 saturated heterocycles. The summed E-state index contributed by atoms with van der Waals surface area (Å²) in [5, 5.41) is 14.3. The number of carboxylic acid groups (broad SMARTS) is 1. The first kappa shape index (κ1) is 20.8. The molecule has 0 bridgehead atoms. The number of ether oxygens (including phenoxy) is 1. The number of amides is 2. The van der Waals surface area contributed by atoms with Crippen LogP contribution in [0.2, 0.25) is 0 Å². The van der Waals surface area contributed by atoms with Gasteiger partial charge in [0.1, 0.15) is 17.9 Å². The molecule has 3 aromatic rings. The summed E-state index contributed by atoms with van der Waals surface area (Å²) >= 11 is 0. The molecule has 8 nitrogen and oxygen atoms in total. The van der Waals surface area contributed by atoms with Crippen LogP contribution >= 0.6 is 0 Å². The van der Waals surface area contributed by atoms with Crippen molar-refractivity contribution in [3.8, 4) is 11.1 Å². The van der Waals surface area contributed by atoms with E-state index in [1.165, 1.54) is 6.07 Å². The van der Waals surface area contributed by atoms with Crippen LogP contribution in [0.15, 0.2) is 65.1 Å².